The van der Waals surface area contributed by atoms with Crippen molar-refractivity contribution in [3.8, 4) is 0 Å². The van der Waals surface area contributed by atoms with E-state index in [9.17, 15) is 4.79 Å². The maximum absolute atomic E-state index is 12.4. The van der Waals surface area contributed by atoms with E-state index < -0.39 is 0 Å². The molecule has 1 aliphatic rings. The number of anilines is 1. The highest BCUT2D eigenvalue weighted by Gasteiger charge is 2.20. The van der Waals surface area contributed by atoms with Gasteiger partial charge in [0.05, 0.1) is 0 Å². The Morgan fingerprint density at radius 3 is 2.70 bits per heavy atom. The van der Waals surface area contributed by atoms with Crippen molar-refractivity contribution in [1.82, 2.24) is 19.9 Å². The summed E-state index contributed by atoms with van der Waals surface area (Å²) >= 11 is 0. The van der Waals surface area contributed by atoms with Gasteiger partial charge >= 0.3 is 0 Å². The van der Waals surface area contributed by atoms with Crippen molar-refractivity contribution < 1.29 is 4.79 Å². The highest BCUT2D eigenvalue weighted by Crippen LogP contribution is 2.11. The minimum atomic E-state index is 0.213. The minimum absolute atomic E-state index is 0.213. The second-order valence-corrected chi connectivity index (χ2v) is 5.63. The van der Waals surface area contributed by atoms with Crippen LogP contribution >= 0.6 is 0 Å². The van der Waals surface area contributed by atoms with Gasteiger partial charge in [-0.3, -0.25) is 9.78 Å². The zero-order valence-corrected chi connectivity index (χ0v) is 13.1. The summed E-state index contributed by atoms with van der Waals surface area (Å²) < 4.78 is 0. The summed E-state index contributed by atoms with van der Waals surface area (Å²) in [6.07, 6.45) is 9.30. The zero-order chi connectivity index (χ0) is 15.9. The SMILES string of the molecule is O=C(CCc1cccnc1)N1CCCN(c2ncccn2)CC1. The van der Waals surface area contributed by atoms with Crippen molar-refractivity contribution in [3.63, 3.8) is 0 Å². The Kier molecular flexibility index (Phi) is 5.13. The Morgan fingerprint density at radius 2 is 1.91 bits per heavy atom. The Bertz CT molecular complexity index is 619. The fourth-order valence-electron chi connectivity index (χ4n) is 2.78. The molecule has 0 aliphatic carbocycles. The molecule has 1 saturated heterocycles. The van der Waals surface area contributed by atoms with Crippen LogP contribution in [0.2, 0.25) is 0 Å². The van der Waals surface area contributed by atoms with E-state index in [1.807, 2.05) is 29.3 Å². The Hall–Kier alpha value is -2.50. The van der Waals surface area contributed by atoms with Crippen molar-refractivity contribution in [2.45, 2.75) is 19.3 Å². The number of aryl methyl sites for hydroxylation is 1. The summed E-state index contributed by atoms with van der Waals surface area (Å²) in [5, 5.41) is 0. The number of pyridine rings is 1. The first-order valence-corrected chi connectivity index (χ1v) is 8.01. The lowest BCUT2D eigenvalue weighted by Crippen LogP contribution is -2.35. The van der Waals surface area contributed by atoms with E-state index >= 15 is 0 Å². The molecule has 1 aliphatic heterocycles. The van der Waals surface area contributed by atoms with Crippen LogP contribution < -0.4 is 4.90 Å². The van der Waals surface area contributed by atoms with Crippen molar-refractivity contribution in [2.75, 3.05) is 31.1 Å². The number of carbonyl (C=O) groups excluding carboxylic acids is 1. The summed E-state index contributed by atoms with van der Waals surface area (Å²) in [7, 11) is 0. The fraction of sp³-hybridized carbons (Fsp3) is 0.412. The van der Waals surface area contributed by atoms with E-state index in [1.54, 1.807) is 18.6 Å². The van der Waals surface area contributed by atoms with Crippen molar-refractivity contribution in [2.24, 2.45) is 0 Å². The number of carbonyl (C=O) groups is 1. The number of aromatic nitrogens is 3. The smallest absolute Gasteiger partial charge is 0.225 e. The van der Waals surface area contributed by atoms with Crippen molar-refractivity contribution in [3.05, 3.63) is 48.5 Å². The maximum atomic E-state index is 12.4. The van der Waals surface area contributed by atoms with Crippen LogP contribution in [-0.4, -0.2) is 51.9 Å². The molecule has 0 aromatic carbocycles. The maximum Gasteiger partial charge on any atom is 0.225 e. The van der Waals surface area contributed by atoms with E-state index in [4.69, 9.17) is 0 Å². The van der Waals surface area contributed by atoms with Crippen LogP contribution in [0.15, 0.2) is 43.0 Å². The lowest BCUT2D eigenvalue weighted by atomic mass is 10.1. The quantitative estimate of drug-likeness (QED) is 0.857. The van der Waals surface area contributed by atoms with Crippen LogP contribution in [0.5, 0.6) is 0 Å². The first-order chi connectivity index (χ1) is 11.3. The van der Waals surface area contributed by atoms with Gasteiger partial charge in [-0.05, 0) is 30.5 Å². The third kappa shape index (κ3) is 4.25. The molecule has 0 spiro atoms. The lowest BCUT2D eigenvalue weighted by Gasteiger charge is -2.22. The van der Waals surface area contributed by atoms with Gasteiger partial charge in [-0.25, -0.2) is 9.97 Å². The van der Waals surface area contributed by atoms with Gasteiger partial charge < -0.3 is 9.80 Å². The number of rotatable bonds is 4. The summed E-state index contributed by atoms with van der Waals surface area (Å²) in [6.45, 7) is 3.19. The van der Waals surface area contributed by atoms with Gasteiger partial charge in [0.15, 0.2) is 0 Å². The van der Waals surface area contributed by atoms with Gasteiger partial charge in [0.25, 0.3) is 0 Å². The normalized spacial score (nSPS) is 15.3. The first-order valence-electron chi connectivity index (χ1n) is 8.01. The van der Waals surface area contributed by atoms with Crippen LogP contribution in [0.1, 0.15) is 18.4 Å². The van der Waals surface area contributed by atoms with Gasteiger partial charge in [-0.1, -0.05) is 6.07 Å². The molecular weight excluding hydrogens is 290 g/mol. The van der Waals surface area contributed by atoms with Crippen LogP contribution in [0.4, 0.5) is 5.95 Å². The summed E-state index contributed by atoms with van der Waals surface area (Å²) in [6, 6.07) is 5.73. The molecule has 6 nitrogen and oxygen atoms in total. The van der Waals surface area contributed by atoms with Crippen LogP contribution in [0.3, 0.4) is 0 Å². The molecule has 0 atom stereocenters. The Balaban J connectivity index is 1.52. The average Bonchev–Trinajstić information content (AvgIpc) is 2.87. The predicted octanol–water partition coefficient (Wildman–Crippen LogP) is 1.54. The van der Waals surface area contributed by atoms with E-state index in [1.165, 1.54) is 0 Å². The molecular formula is C17H21N5O. The monoisotopic (exact) mass is 311 g/mol. The molecule has 0 bridgehead atoms. The zero-order valence-electron chi connectivity index (χ0n) is 13.1. The van der Waals surface area contributed by atoms with Gasteiger partial charge in [-0.2, -0.15) is 0 Å². The Labute approximate surface area is 136 Å². The molecule has 0 radical (unpaired) electrons. The van der Waals surface area contributed by atoms with Crippen LogP contribution in [-0.2, 0) is 11.2 Å². The largest absolute Gasteiger partial charge is 0.341 e. The topological polar surface area (TPSA) is 62.2 Å². The molecule has 1 amide bonds. The molecule has 0 saturated carbocycles. The molecule has 23 heavy (non-hydrogen) atoms. The molecule has 2 aromatic heterocycles. The molecule has 1 fully saturated rings. The molecule has 3 rings (SSSR count). The molecule has 2 aromatic rings. The van der Waals surface area contributed by atoms with Gasteiger partial charge in [0.2, 0.25) is 11.9 Å². The third-order valence-corrected chi connectivity index (χ3v) is 4.03. The summed E-state index contributed by atoms with van der Waals surface area (Å²) in [5.74, 6) is 0.960. The van der Waals surface area contributed by atoms with E-state index in [-0.39, 0.29) is 5.91 Å². The van der Waals surface area contributed by atoms with Crippen LogP contribution in [0.25, 0.3) is 0 Å². The van der Waals surface area contributed by atoms with E-state index in [0.717, 1.165) is 50.5 Å². The summed E-state index contributed by atoms with van der Waals surface area (Å²) in [5.41, 5.74) is 1.11. The Morgan fingerprint density at radius 1 is 1.04 bits per heavy atom. The van der Waals surface area contributed by atoms with Gasteiger partial charge in [0, 0.05) is 57.4 Å². The number of nitrogens with zero attached hydrogens (tertiary/aromatic N) is 5. The highest BCUT2D eigenvalue weighted by atomic mass is 16.2. The highest BCUT2D eigenvalue weighted by molar-refractivity contribution is 5.76. The van der Waals surface area contributed by atoms with Gasteiger partial charge in [0.1, 0.15) is 0 Å². The second-order valence-electron chi connectivity index (χ2n) is 5.63. The molecule has 0 N–H and O–H groups in total. The fourth-order valence-corrected chi connectivity index (χ4v) is 2.78. The first kappa shape index (κ1) is 15.4. The van der Waals surface area contributed by atoms with Crippen LogP contribution in [0, 0.1) is 0 Å². The lowest BCUT2D eigenvalue weighted by molar-refractivity contribution is -0.130. The van der Waals surface area contributed by atoms with E-state index in [0.29, 0.717) is 6.42 Å². The van der Waals surface area contributed by atoms with E-state index in [2.05, 4.69) is 19.9 Å². The molecule has 120 valence electrons. The number of amides is 1. The standard InChI is InChI=1S/C17H21N5O/c23-16(6-5-15-4-1-7-18-14-15)21-10-3-11-22(13-12-21)17-19-8-2-9-20-17/h1-2,4,7-9,14H,3,5-6,10-13H2. The molecule has 0 unspecified atom stereocenters. The van der Waals surface area contributed by atoms with Gasteiger partial charge in [-0.15, -0.1) is 0 Å². The summed E-state index contributed by atoms with van der Waals surface area (Å²) in [4.78, 5) is 29.2. The number of hydrogen-bond donors (Lipinski definition) is 0. The van der Waals surface area contributed by atoms with Crippen molar-refractivity contribution >= 4 is 11.9 Å². The second kappa shape index (κ2) is 7.67. The minimum Gasteiger partial charge on any atom is -0.341 e. The molecule has 6 heteroatoms. The predicted molar refractivity (Wildman–Crippen MR) is 88.0 cm³/mol. The molecule has 3 heterocycles. The average molecular weight is 311 g/mol. The van der Waals surface area contributed by atoms with Crippen molar-refractivity contribution in [1.29, 1.82) is 0 Å². The third-order valence-electron chi connectivity index (χ3n) is 4.03. The number of hydrogen-bond acceptors (Lipinski definition) is 5.